The van der Waals surface area contributed by atoms with Gasteiger partial charge in [0, 0.05) is 30.9 Å². The predicted molar refractivity (Wildman–Crippen MR) is 100 cm³/mol. The van der Waals surface area contributed by atoms with Gasteiger partial charge in [-0.1, -0.05) is 6.07 Å². The van der Waals surface area contributed by atoms with Crippen LogP contribution in [0.5, 0.6) is 5.75 Å². The minimum atomic E-state index is -1.000. The summed E-state index contributed by atoms with van der Waals surface area (Å²) in [5.41, 5.74) is -1.54. The molecule has 0 aliphatic carbocycles. The maximum atomic E-state index is 13.8. The summed E-state index contributed by atoms with van der Waals surface area (Å²) < 4.78 is 33.7. The third-order valence-corrected chi connectivity index (χ3v) is 5.49. The van der Waals surface area contributed by atoms with Crippen molar-refractivity contribution in [3.63, 3.8) is 0 Å². The highest BCUT2D eigenvalue weighted by Crippen LogP contribution is 2.34. The highest BCUT2D eigenvalue weighted by molar-refractivity contribution is 5.99. The number of pyridine rings is 1. The number of nitrogens with zero attached hydrogens (tertiary/aromatic N) is 2. The summed E-state index contributed by atoms with van der Waals surface area (Å²) in [5, 5.41) is 12.8. The molecule has 1 saturated heterocycles. The molecule has 4 rings (SSSR count). The third-order valence-electron chi connectivity index (χ3n) is 5.49. The van der Waals surface area contributed by atoms with Gasteiger partial charge in [0.25, 0.3) is 11.8 Å². The average molecular weight is 419 g/mol. The summed E-state index contributed by atoms with van der Waals surface area (Å²) in [7, 11) is 0. The van der Waals surface area contributed by atoms with Crippen LogP contribution < -0.4 is 10.7 Å². The monoisotopic (exact) mass is 419 g/mol. The standard InChI is InChI=1S/C20H19F2N3O5/c1-2-24-14-8-30-9-15(14)25-7-12(17(26)18(27)16(25)20(24)29)19(28)23-6-10-3-4-11(21)5-13(10)22/h3-5,7,14-15,27H,2,6,8-9H2,1H3,(H,23,28)/t14-,15+/m1/s1. The molecule has 1 fully saturated rings. The second-order valence-electron chi connectivity index (χ2n) is 7.16. The average Bonchev–Trinajstić information content (AvgIpc) is 3.19. The molecule has 3 heterocycles. The van der Waals surface area contributed by atoms with Gasteiger partial charge in [0.15, 0.2) is 11.4 Å². The molecule has 2 N–H and O–H groups in total. The summed E-state index contributed by atoms with van der Waals surface area (Å²) in [5.74, 6) is -3.77. The van der Waals surface area contributed by atoms with Crippen molar-refractivity contribution in [2.45, 2.75) is 25.6 Å². The van der Waals surface area contributed by atoms with E-state index in [1.165, 1.54) is 21.7 Å². The van der Waals surface area contributed by atoms with E-state index in [2.05, 4.69) is 5.32 Å². The predicted octanol–water partition coefficient (Wildman–Crippen LogP) is 1.18. The summed E-state index contributed by atoms with van der Waals surface area (Å²) in [6, 6.07) is 2.29. The van der Waals surface area contributed by atoms with Gasteiger partial charge < -0.3 is 24.6 Å². The first kappa shape index (κ1) is 20.0. The number of likely N-dealkylation sites (N-methyl/N-ethyl adjacent to an activating group) is 1. The quantitative estimate of drug-likeness (QED) is 0.775. The zero-order chi connectivity index (χ0) is 21.6. The molecular weight excluding hydrogens is 400 g/mol. The van der Waals surface area contributed by atoms with Crippen molar-refractivity contribution < 1.29 is 28.2 Å². The number of hydrogen-bond donors (Lipinski definition) is 2. The molecule has 0 bridgehead atoms. The van der Waals surface area contributed by atoms with Crippen LogP contribution >= 0.6 is 0 Å². The Morgan fingerprint density at radius 2 is 2.00 bits per heavy atom. The minimum absolute atomic E-state index is 0.0325. The lowest BCUT2D eigenvalue weighted by Crippen LogP contribution is -2.51. The van der Waals surface area contributed by atoms with Crippen molar-refractivity contribution in [1.29, 1.82) is 0 Å². The number of hydrogen-bond acceptors (Lipinski definition) is 5. The SMILES string of the molecule is CCN1C(=O)c2c(O)c(=O)c(C(=O)NCc3ccc(F)cc3F)cn2[C@H]2COC[C@H]21. The molecule has 0 saturated carbocycles. The van der Waals surface area contributed by atoms with Crippen LogP contribution in [0.3, 0.4) is 0 Å². The van der Waals surface area contributed by atoms with Crippen molar-refractivity contribution >= 4 is 11.8 Å². The second kappa shape index (κ2) is 7.52. The number of ether oxygens (including phenoxy) is 1. The number of rotatable bonds is 4. The number of benzene rings is 1. The lowest BCUT2D eigenvalue weighted by Gasteiger charge is -2.38. The Morgan fingerprint density at radius 3 is 2.70 bits per heavy atom. The Morgan fingerprint density at radius 1 is 1.27 bits per heavy atom. The molecule has 0 spiro atoms. The van der Waals surface area contributed by atoms with Crippen molar-refractivity contribution in [1.82, 2.24) is 14.8 Å². The fourth-order valence-electron chi connectivity index (χ4n) is 3.95. The molecule has 1 aromatic carbocycles. The van der Waals surface area contributed by atoms with Crippen LogP contribution in [0.1, 0.15) is 39.4 Å². The molecule has 8 nitrogen and oxygen atoms in total. The topological polar surface area (TPSA) is 101 Å². The summed E-state index contributed by atoms with van der Waals surface area (Å²) in [6.07, 6.45) is 1.23. The normalized spacial score (nSPS) is 20.1. The first-order chi connectivity index (χ1) is 14.3. The Hall–Kier alpha value is -3.27. The number of halogens is 2. The van der Waals surface area contributed by atoms with Crippen molar-refractivity contribution in [3.05, 3.63) is 63.1 Å². The number of amides is 2. The van der Waals surface area contributed by atoms with E-state index in [1.807, 2.05) is 0 Å². The van der Waals surface area contributed by atoms with Gasteiger partial charge in [-0.05, 0) is 13.0 Å². The zero-order valence-electron chi connectivity index (χ0n) is 16.0. The van der Waals surface area contributed by atoms with Crippen LogP contribution in [0.15, 0.2) is 29.2 Å². The van der Waals surface area contributed by atoms with Gasteiger partial charge in [-0.25, -0.2) is 8.78 Å². The van der Waals surface area contributed by atoms with Crippen LogP contribution in [-0.4, -0.2) is 52.2 Å². The number of carbonyl (C=O) groups excluding carboxylic acids is 2. The van der Waals surface area contributed by atoms with Crippen molar-refractivity contribution in [3.8, 4) is 5.75 Å². The van der Waals surface area contributed by atoms with Gasteiger partial charge in [-0.2, -0.15) is 0 Å². The van der Waals surface area contributed by atoms with Gasteiger partial charge in [0.05, 0.1) is 25.3 Å². The summed E-state index contributed by atoms with van der Waals surface area (Å²) in [6.45, 7) is 2.44. The molecule has 2 aliphatic heterocycles. The van der Waals surface area contributed by atoms with Crippen LogP contribution in [0, 0.1) is 11.6 Å². The Balaban J connectivity index is 1.68. The van der Waals surface area contributed by atoms with Gasteiger partial charge >= 0.3 is 0 Å². The van der Waals surface area contributed by atoms with E-state index in [0.717, 1.165) is 6.07 Å². The summed E-state index contributed by atoms with van der Waals surface area (Å²) >= 11 is 0. The van der Waals surface area contributed by atoms with Crippen molar-refractivity contribution in [2.75, 3.05) is 19.8 Å². The van der Waals surface area contributed by atoms with Crippen LogP contribution in [-0.2, 0) is 11.3 Å². The highest BCUT2D eigenvalue weighted by atomic mass is 19.1. The van der Waals surface area contributed by atoms with Gasteiger partial charge in [-0.15, -0.1) is 0 Å². The third kappa shape index (κ3) is 3.13. The molecule has 2 atom stereocenters. The van der Waals surface area contributed by atoms with E-state index in [4.69, 9.17) is 4.74 Å². The largest absolute Gasteiger partial charge is 0.503 e. The van der Waals surface area contributed by atoms with E-state index in [-0.39, 0.29) is 42.1 Å². The molecule has 2 aliphatic rings. The van der Waals surface area contributed by atoms with Gasteiger partial charge in [-0.3, -0.25) is 14.4 Å². The molecular formula is C20H19F2N3O5. The molecule has 1 aromatic heterocycles. The molecule has 10 heteroatoms. The number of carbonyl (C=O) groups is 2. The molecule has 0 unspecified atom stereocenters. The fourth-order valence-corrected chi connectivity index (χ4v) is 3.95. The minimum Gasteiger partial charge on any atom is -0.503 e. The second-order valence-corrected chi connectivity index (χ2v) is 7.16. The Labute approximate surface area is 169 Å². The van der Waals surface area contributed by atoms with E-state index in [0.29, 0.717) is 19.2 Å². The Kier molecular flexibility index (Phi) is 5.02. The Bertz CT molecular complexity index is 1100. The number of aromatic nitrogens is 1. The molecule has 158 valence electrons. The number of aromatic hydroxyl groups is 1. The van der Waals surface area contributed by atoms with Gasteiger partial charge in [0.2, 0.25) is 5.43 Å². The lowest BCUT2D eigenvalue weighted by atomic mass is 10.0. The van der Waals surface area contributed by atoms with E-state index in [1.54, 1.807) is 6.92 Å². The van der Waals surface area contributed by atoms with Gasteiger partial charge in [0.1, 0.15) is 17.2 Å². The summed E-state index contributed by atoms with van der Waals surface area (Å²) in [4.78, 5) is 39.5. The van der Waals surface area contributed by atoms with Crippen LogP contribution in [0.4, 0.5) is 8.78 Å². The molecule has 0 radical (unpaired) electrons. The molecule has 2 aromatic rings. The first-order valence-corrected chi connectivity index (χ1v) is 9.42. The van der Waals surface area contributed by atoms with E-state index < -0.39 is 34.6 Å². The van der Waals surface area contributed by atoms with Crippen molar-refractivity contribution in [2.24, 2.45) is 0 Å². The molecule has 30 heavy (non-hydrogen) atoms. The van der Waals surface area contributed by atoms with Crippen LogP contribution in [0.2, 0.25) is 0 Å². The highest BCUT2D eigenvalue weighted by Gasteiger charge is 2.44. The maximum absolute atomic E-state index is 13.8. The molecule has 2 amide bonds. The lowest BCUT2D eigenvalue weighted by molar-refractivity contribution is 0.0569. The van der Waals surface area contributed by atoms with Crippen LogP contribution in [0.25, 0.3) is 0 Å². The first-order valence-electron chi connectivity index (χ1n) is 9.42. The zero-order valence-corrected chi connectivity index (χ0v) is 16.0. The smallest absolute Gasteiger partial charge is 0.274 e. The number of fused-ring (bicyclic) bond motifs is 3. The fraction of sp³-hybridized carbons (Fsp3) is 0.350. The maximum Gasteiger partial charge on any atom is 0.274 e. The number of nitrogens with one attached hydrogen (secondary N) is 1. The van der Waals surface area contributed by atoms with E-state index >= 15 is 0 Å². The van der Waals surface area contributed by atoms with E-state index in [9.17, 15) is 28.3 Å².